The second kappa shape index (κ2) is 14.1. The van der Waals surface area contributed by atoms with Gasteiger partial charge >= 0.3 is 0 Å². The van der Waals surface area contributed by atoms with Gasteiger partial charge in [-0.15, -0.1) is 0 Å². The fourth-order valence-electron chi connectivity index (χ4n) is 4.56. The molecule has 37 heavy (non-hydrogen) atoms. The molecule has 0 bridgehead atoms. The molecule has 200 valence electrons. The second-order valence-electron chi connectivity index (χ2n) is 9.84. The molecule has 2 aromatic carbocycles. The van der Waals surface area contributed by atoms with Gasteiger partial charge in [0.05, 0.1) is 25.4 Å². The van der Waals surface area contributed by atoms with Crippen molar-refractivity contribution in [2.45, 2.75) is 52.1 Å². The maximum absolute atomic E-state index is 6.26. The van der Waals surface area contributed by atoms with Crippen molar-refractivity contribution in [1.82, 2.24) is 15.4 Å². The molecule has 0 atom stereocenters. The Morgan fingerprint density at radius 1 is 0.919 bits per heavy atom. The van der Waals surface area contributed by atoms with E-state index in [0.29, 0.717) is 12.4 Å². The van der Waals surface area contributed by atoms with Crippen LogP contribution >= 0.6 is 0 Å². The molecule has 0 saturated carbocycles. The summed E-state index contributed by atoms with van der Waals surface area (Å²) in [5, 5.41) is 7.71. The monoisotopic (exact) mass is 507 g/mol. The largest absolute Gasteiger partial charge is 0.497 e. The van der Waals surface area contributed by atoms with E-state index in [2.05, 4.69) is 15.4 Å². The fraction of sp³-hybridized carbons (Fsp3) is 0.500. The number of methoxy groups -OCH3 is 1. The van der Waals surface area contributed by atoms with Crippen molar-refractivity contribution in [3.05, 3.63) is 48.5 Å². The Morgan fingerprint density at radius 2 is 1.65 bits per heavy atom. The van der Waals surface area contributed by atoms with Crippen molar-refractivity contribution in [2.75, 3.05) is 46.4 Å². The lowest BCUT2D eigenvalue weighted by Gasteiger charge is -2.27. The van der Waals surface area contributed by atoms with E-state index in [1.807, 2.05) is 62.4 Å². The van der Waals surface area contributed by atoms with Crippen LogP contribution in [0.25, 0.3) is 22.6 Å². The topological polar surface area (TPSA) is 69.0 Å². The van der Waals surface area contributed by atoms with Gasteiger partial charge in [-0.05, 0) is 69.6 Å². The van der Waals surface area contributed by atoms with Gasteiger partial charge in [-0.1, -0.05) is 24.4 Å². The van der Waals surface area contributed by atoms with Crippen LogP contribution in [0.2, 0.25) is 0 Å². The van der Waals surface area contributed by atoms with Crippen LogP contribution in [0.15, 0.2) is 53.1 Å². The summed E-state index contributed by atoms with van der Waals surface area (Å²) in [6, 6.07) is 15.6. The maximum Gasteiger partial charge on any atom is 0.171 e. The lowest BCUT2D eigenvalue weighted by Crippen LogP contribution is -2.43. The number of piperazine rings is 1. The minimum Gasteiger partial charge on any atom is -0.497 e. The van der Waals surface area contributed by atoms with Crippen molar-refractivity contribution in [2.24, 2.45) is 0 Å². The van der Waals surface area contributed by atoms with Gasteiger partial charge in [-0.2, -0.15) is 0 Å². The molecule has 1 aliphatic heterocycles. The van der Waals surface area contributed by atoms with Crippen molar-refractivity contribution >= 4 is 0 Å². The molecular weight excluding hydrogens is 466 g/mol. The highest BCUT2D eigenvalue weighted by atomic mass is 16.5. The maximum atomic E-state index is 6.26. The van der Waals surface area contributed by atoms with Crippen molar-refractivity contribution in [3.8, 4) is 39.8 Å². The molecule has 0 spiro atoms. The van der Waals surface area contributed by atoms with Gasteiger partial charge in [0.15, 0.2) is 5.76 Å². The SMILES string of the molecule is COc1ccc(-c2cc(-c3ccc(OC(C)C)cc3OCCCCCCCN3CCNCC3)on2)cc1. The molecule has 0 unspecified atom stereocenters. The average molecular weight is 508 g/mol. The van der Waals surface area contributed by atoms with Gasteiger partial charge in [0.25, 0.3) is 0 Å². The molecule has 1 N–H and O–H groups in total. The van der Waals surface area contributed by atoms with Gasteiger partial charge in [-0.3, -0.25) is 0 Å². The third-order valence-corrected chi connectivity index (χ3v) is 6.57. The highest BCUT2D eigenvalue weighted by Crippen LogP contribution is 2.36. The molecule has 0 aliphatic carbocycles. The Labute approximate surface area is 221 Å². The minimum atomic E-state index is 0.0897. The number of benzene rings is 2. The molecule has 1 fully saturated rings. The molecule has 3 aromatic rings. The van der Waals surface area contributed by atoms with Crippen molar-refractivity contribution in [1.29, 1.82) is 0 Å². The number of hydrogen-bond donors (Lipinski definition) is 1. The summed E-state index contributed by atoms with van der Waals surface area (Å²) >= 11 is 0. The zero-order valence-corrected chi connectivity index (χ0v) is 22.5. The van der Waals surface area contributed by atoms with Crippen LogP contribution < -0.4 is 19.5 Å². The number of nitrogens with zero attached hydrogens (tertiary/aromatic N) is 2. The van der Waals surface area contributed by atoms with E-state index in [1.54, 1.807) is 7.11 Å². The zero-order chi connectivity index (χ0) is 25.9. The van der Waals surface area contributed by atoms with Gasteiger partial charge in [0.2, 0.25) is 0 Å². The fourth-order valence-corrected chi connectivity index (χ4v) is 4.56. The normalized spacial score (nSPS) is 14.2. The van der Waals surface area contributed by atoms with Crippen LogP contribution in [0, 0.1) is 0 Å². The third kappa shape index (κ3) is 8.23. The Morgan fingerprint density at radius 3 is 2.41 bits per heavy atom. The van der Waals surface area contributed by atoms with E-state index in [4.69, 9.17) is 18.7 Å². The predicted molar refractivity (Wildman–Crippen MR) is 148 cm³/mol. The first-order valence-electron chi connectivity index (χ1n) is 13.6. The van der Waals surface area contributed by atoms with Gasteiger partial charge in [0, 0.05) is 43.9 Å². The molecule has 0 amide bonds. The third-order valence-electron chi connectivity index (χ3n) is 6.57. The Bertz CT molecular complexity index is 1070. The summed E-state index contributed by atoms with van der Waals surface area (Å²) in [5.74, 6) is 3.03. The first kappa shape index (κ1) is 27.0. The number of nitrogens with one attached hydrogen (secondary N) is 1. The first-order valence-corrected chi connectivity index (χ1v) is 13.6. The van der Waals surface area contributed by atoms with Crippen LogP contribution in [0.3, 0.4) is 0 Å². The van der Waals surface area contributed by atoms with Crippen LogP contribution in [-0.2, 0) is 0 Å². The summed E-state index contributed by atoms with van der Waals surface area (Å²) in [6.45, 7) is 10.5. The Kier molecular flexibility index (Phi) is 10.3. The van der Waals surface area contributed by atoms with Crippen LogP contribution in [0.5, 0.6) is 17.2 Å². The molecule has 4 rings (SSSR count). The van der Waals surface area contributed by atoms with Crippen molar-refractivity contribution < 1.29 is 18.7 Å². The lowest BCUT2D eigenvalue weighted by molar-refractivity contribution is 0.235. The lowest BCUT2D eigenvalue weighted by atomic mass is 10.1. The number of hydrogen-bond acceptors (Lipinski definition) is 7. The molecular formula is C30H41N3O4. The standard InChI is InChI=1S/C30H41N3O4/c1-23(2)36-26-13-14-27(30-22-28(32-37-30)24-9-11-25(34-3)12-10-24)29(21-26)35-20-8-6-4-5-7-17-33-18-15-31-16-19-33/h9-14,21-23,31H,4-8,15-20H2,1-3H3. The number of aromatic nitrogens is 1. The second-order valence-corrected chi connectivity index (χ2v) is 9.84. The molecule has 2 heterocycles. The summed E-state index contributed by atoms with van der Waals surface area (Å²) < 4.78 is 23.2. The number of ether oxygens (including phenoxy) is 3. The Hall–Kier alpha value is -3.03. The molecule has 0 radical (unpaired) electrons. The highest BCUT2D eigenvalue weighted by molar-refractivity contribution is 5.72. The number of rotatable bonds is 14. The highest BCUT2D eigenvalue weighted by Gasteiger charge is 2.15. The molecule has 7 nitrogen and oxygen atoms in total. The molecule has 1 aromatic heterocycles. The number of unbranched alkanes of at least 4 members (excludes halogenated alkanes) is 4. The first-order chi connectivity index (χ1) is 18.1. The minimum absolute atomic E-state index is 0.0897. The summed E-state index contributed by atoms with van der Waals surface area (Å²) in [7, 11) is 1.66. The van der Waals surface area contributed by atoms with E-state index in [0.717, 1.165) is 53.6 Å². The predicted octanol–water partition coefficient (Wildman–Crippen LogP) is 6.04. The summed E-state index contributed by atoms with van der Waals surface area (Å²) in [5.41, 5.74) is 2.61. The van der Waals surface area contributed by atoms with E-state index in [1.165, 1.54) is 45.3 Å². The van der Waals surface area contributed by atoms with E-state index >= 15 is 0 Å². The van der Waals surface area contributed by atoms with E-state index in [9.17, 15) is 0 Å². The van der Waals surface area contributed by atoms with Crippen LogP contribution in [0.1, 0.15) is 46.0 Å². The van der Waals surface area contributed by atoms with E-state index in [-0.39, 0.29) is 6.10 Å². The van der Waals surface area contributed by atoms with Crippen molar-refractivity contribution in [3.63, 3.8) is 0 Å². The zero-order valence-electron chi connectivity index (χ0n) is 22.5. The molecule has 1 aliphatic rings. The van der Waals surface area contributed by atoms with Gasteiger partial charge in [-0.25, -0.2) is 0 Å². The van der Waals surface area contributed by atoms with Crippen LogP contribution in [-0.4, -0.2) is 62.6 Å². The van der Waals surface area contributed by atoms with Gasteiger partial charge in [0.1, 0.15) is 22.9 Å². The van der Waals surface area contributed by atoms with E-state index < -0.39 is 0 Å². The quantitative estimate of drug-likeness (QED) is 0.267. The average Bonchev–Trinajstić information content (AvgIpc) is 3.41. The van der Waals surface area contributed by atoms with Gasteiger partial charge < -0.3 is 29.0 Å². The molecule has 7 heteroatoms. The van der Waals surface area contributed by atoms with Crippen LogP contribution in [0.4, 0.5) is 0 Å². The smallest absolute Gasteiger partial charge is 0.171 e. The summed E-state index contributed by atoms with van der Waals surface area (Å²) in [6.07, 6.45) is 6.08. The molecule has 1 saturated heterocycles. The Balaban J connectivity index is 1.32. The summed E-state index contributed by atoms with van der Waals surface area (Å²) in [4.78, 5) is 2.57.